The standard InChI is InChI=1S/C13H21N3O2/c1-16(2)8-3-9-18-12-6-4-11(5-7-12)10-15-13(14)17/h4-7H,3,8-10H2,1-2H3,(H3,14,15,17). The van der Waals surface area contributed by atoms with Gasteiger partial charge in [0.1, 0.15) is 5.75 Å². The van der Waals surface area contributed by atoms with Crippen molar-refractivity contribution < 1.29 is 9.53 Å². The van der Waals surface area contributed by atoms with Gasteiger partial charge in [0, 0.05) is 13.1 Å². The maximum atomic E-state index is 10.6. The molecule has 0 aliphatic heterocycles. The van der Waals surface area contributed by atoms with Crippen LogP contribution in [0.2, 0.25) is 0 Å². The summed E-state index contributed by atoms with van der Waals surface area (Å²) in [5, 5.41) is 2.54. The van der Waals surface area contributed by atoms with Crippen LogP contribution in [0.3, 0.4) is 0 Å². The van der Waals surface area contributed by atoms with Crippen LogP contribution in [0.1, 0.15) is 12.0 Å². The number of primary amides is 1. The maximum absolute atomic E-state index is 10.6. The van der Waals surface area contributed by atoms with Crippen molar-refractivity contribution in [1.29, 1.82) is 0 Å². The molecule has 0 radical (unpaired) electrons. The molecule has 0 aliphatic rings. The van der Waals surface area contributed by atoms with Gasteiger partial charge in [-0.1, -0.05) is 12.1 Å². The first-order chi connectivity index (χ1) is 8.58. The minimum absolute atomic E-state index is 0.441. The third-order valence-electron chi connectivity index (χ3n) is 2.41. The Balaban J connectivity index is 2.29. The maximum Gasteiger partial charge on any atom is 0.312 e. The fraction of sp³-hybridized carbons (Fsp3) is 0.462. The lowest BCUT2D eigenvalue weighted by Gasteiger charge is -2.10. The molecule has 1 aromatic carbocycles. The van der Waals surface area contributed by atoms with Gasteiger partial charge in [-0.25, -0.2) is 4.79 Å². The zero-order chi connectivity index (χ0) is 13.4. The minimum Gasteiger partial charge on any atom is -0.494 e. The summed E-state index contributed by atoms with van der Waals surface area (Å²) in [6.07, 6.45) is 0.998. The molecule has 0 fully saturated rings. The number of carbonyl (C=O) groups excluding carboxylic acids is 1. The minimum atomic E-state index is -0.515. The molecular formula is C13H21N3O2. The highest BCUT2D eigenvalue weighted by Crippen LogP contribution is 2.12. The topological polar surface area (TPSA) is 67.6 Å². The van der Waals surface area contributed by atoms with Gasteiger partial charge >= 0.3 is 6.03 Å². The highest BCUT2D eigenvalue weighted by atomic mass is 16.5. The molecule has 1 rings (SSSR count). The fourth-order valence-electron chi connectivity index (χ4n) is 1.46. The number of benzene rings is 1. The average Bonchev–Trinajstić information content (AvgIpc) is 2.33. The van der Waals surface area contributed by atoms with Crippen LogP contribution < -0.4 is 15.8 Å². The van der Waals surface area contributed by atoms with Crippen LogP contribution in [0.15, 0.2) is 24.3 Å². The molecule has 100 valence electrons. The first-order valence-electron chi connectivity index (χ1n) is 5.97. The molecule has 5 heteroatoms. The number of nitrogens with zero attached hydrogens (tertiary/aromatic N) is 1. The second-order valence-corrected chi connectivity index (χ2v) is 4.37. The van der Waals surface area contributed by atoms with E-state index >= 15 is 0 Å². The van der Waals surface area contributed by atoms with Crippen LogP contribution >= 0.6 is 0 Å². The van der Waals surface area contributed by atoms with Crippen molar-refractivity contribution in [2.75, 3.05) is 27.2 Å². The lowest BCUT2D eigenvalue weighted by Crippen LogP contribution is -2.28. The van der Waals surface area contributed by atoms with Crippen molar-refractivity contribution in [3.05, 3.63) is 29.8 Å². The molecule has 0 bridgehead atoms. The van der Waals surface area contributed by atoms with Gasteiger partial charge in [0.05, 0.1) is 6.61 Å². The molecule has 0 heterocycles. The van der Waals surface area contributed by atoms with Crippen molar-refractivity contribution in [3.63, 3.8) is 0 Å². The lowest BCUT2D eigenvalue weighted by atomic mass is 10.2. The van der Waals surface area contributed by atoms with E-state index in [-0.39, 0.29) is 0 Å². The molecule has 0 spiro atoms. The van der Waals surface area contributed by atoms with Crippen molar-refractivity contribution in [2.24, 2.45) is 5.73 Å². The Labute approximate surface area is 108 Å². The Kier molecular flexibility index (Phi) is 6.00. The van der Waals surface area contributed by atoms with Crippen molar-refractivity contribution >= 4 is 6.03 Å². The molecule has 0 atom stereocenters. The van der Waals surface area contributed by atoms with Gasteiger partial charge in [0.25, 0.3) is 0 Å². The molecule has 0 aliphatic carbocycles. The van der Waals surface area contributed by atoms with Gasteiger partial charge in [0.2, 0.25) is 0 Å². The monoisotopic (exact) mass is 251 g/mol. The molecule has 18 heavy (non-hydrogen) atoms. The van der Waals surface area contributed by atoms with Crippen LogP contribution in [0.5, 0.6) is 5.75 Å². The van der Waals surface area contributed by atoms with E-state index in [1.54, 1.807) is 0 Å². The smallest absolute Gasteiger partial charge is 0.312 e. The molecule has 0 saturated carbocycles. The summed E-state index contributed by atoms with van der Waals surface area (Å²) in [6.45, 7) is 2.16. The quantitative estimate of drug-likeness (QED) is 0.715. The number of hydrogen-bond acceptors (Lipinski definition) is 3. The van der Waals surface area contributed by atoms with Crippen LogP contribution in [0.25, 0.3) is 0 Å². The number of carbonyl (C=O) groups is 1. The van der Waals surface area contributed by atoms with Crippen molar-refractivity contribution in [1.82, 2.24) is 10.2 Å². The Morgan fingerprint density at radius 3 is 2.56 bits per heavy atom. The first-order valence-corrected chi connectivity index (χ1v) is 5.97. The molecular weight excluding hydrogens is 230 g/mol. The Morgan fingerprint density at radius 2 is 2.00 bits per heavy atom. The van der Waals surface area contributed by atoms with E-state index in [1.807, 2.05) is 38.4 Å². The van der Waals surface area contributed by atoms with Crippen LogP contribution in [0.4, 0.5) is 4.79 Å². The Hall–Kier alpha value is -1.75. The summed E-state index contributed by atoms with van der Waals surface area (Å²) < 4.78 is 5.60. The average molecular weight is 251 g/mol. The molecule has 2 amide bonds. The first kappa shape index (κ1) is 14.3. The van der Waals surface area contributed by atoms with E-state index in [2.05, 4.69) is 10.2 Å². The van der Waals surface area contributed by atoms with Crippen molar-refractivity contribution in [2.45, 2.75) is 13.0 Å². The third kappa shape index (κ3) is 6.10. The van der Waals surface area contributed by atoms with E-state index in [1.165, 1.54) is 0 Å². The number of nitrogens with two attached hydrogens (primary N) is 1. The summed E-state index contributed by atoms with van der Waals surface area (Å²) in [5.74, 6) is 0.844. The van der Waals surface area contributed by atoms with E-state index in [9.17, 15) is 4.79 Å². The second kappa shape index (κ2) is 7.55. The summed E-state index contributed by atoms with van der Waals surface area (Å²) in [5.41, 5.74) is 5.99. The van der Waals surface area contributed by atoms with Gasteiger partial charge in [-0.2, -0.15) is 0 Å². The predicted octanol–water partition coefficient (Wildman–Crippen LogP) is 1.19. The van der Waals surface area contributed by atoms with Gasteiger partial charge in [-0.3, -0.25) is 0 Å². The molecule has 1 aromatic rings. The van der Waals surface area contributed by atoms with E-state index in [0.717, 1.165) is 24.3 Å². The molecule has 0 aromatic heterocycles. The lowest BCUT2D eigenvalue weighted by molar-refractivity contribution is 0.248. The zero-order valence-electron chi connectivity index (χ0n) is 11.0. The van der Waals surface area contributed by atoms with Gasteiger partial charge in [-0.05, 0) is 38.2 Å². The van der Waals surface area contributed by atoms with Crippen molar-refractivity contribution in [3.8, 4) is 5.75 Å². The number of rotatable bonds is 7. The number of hydrogen-bond donors (Lipinski definition) is 2. The van der Waals surface area contributed by atoms with Crippen LogP contribution in [-0.4, -0.2) is 38.2 Å². The van der Waals surface area contributed by atoms with Gasteiger partial charge < -0.3 is 20.7 Å². The van der Waals surface area contributed by atoms with E-state index in [4.69, 9.17) is 10.5 Å². The number of amides is 2. The molecule has 5 nitrogen and oxygen atoms in total. The SMILES string of the molecule is CN(C)CCCOc1ccc(CNC(N)=O)cc1. The normalized spacial score (nSPS) is 10.4. The highest BCUT2D eigenvalue weighted by Gasteiger charge is 1.97. The summed E-state index contributed by atoms with van der Waals surface area (Å²) in [7, 11) is 4.08. The fourth-order valence-corrected chi connectivity index (χ4v) is 1.46. The Morgan fingerprint density at radius 1 is 1.33 bits per heavy atom. The number of ether oxygens (including phenoxy) is 1. The van der Waals surface area contributed by atoms with E-state index < -0.39 is 6.03 Å². The summed E-state index contributed by atoms with van der Waals surface area (Å²) >= 11 is 0. The number of nitrogens with one attached hydrogen (secondary N) is 1. The molecule has 0 saturated heterocycles. The number of urea groups is 1. The van der Waals surface area contributed by atoms with Gasteiger partial charge in [-0.15, -0.1) is 0 Å². The predicted molar refractivity (Wildman–Crippen MR) is 71.5 cm³/mol. The Bertz CT molecular complexity index is 363. The molecule has 0 unspecified atom stereocenters. The highest BCUT2D eigenvalue weighted by molar-refractivity contribution is 5.71. The largest absolute Gasteiger partial charge is 0.494 e. The zero-order valence-corrected chi connectivity index (χ0v) is 11.0. The molecule has 3 N–H and O–H groups in total. The summed E-state index contributed by atoms with van der Waals surface area (Å²) in [6, 6.07) is 7.11. The third-order valence-corrected chi connectivity index (χ3v) is 2.41. The van der Waals surface area contributed by atoms with Gasteiger partial charge in [0.15, 0.2) is 0 Å². The summed E-state index contributed by atoms with van der Waals surface area (Å²) in [4.78, 5) is 12.7. The van der Waals surface area contributed by atoms with Crippen LogP contribution in [-0.2, 0) is 6.54 Å². The van der Waals surface area contributed by atoms with Crippen LogP contribution in [0, 0.1) is 0 Å². The second-order valence-electron chi connectivity index (χ2n) is 4.37. The van der Waals surface area contributed by atoms with E-state index in [0.29, 0.717) is 13.2 Å².